The summed E-state index contributed by atoms with van der Waals surface area (Å²) >= 11 is 0. The second kappa shape index (κ2) is 7.90. The number of hydrogen-bond donors (Lipinski definition) is 2. The zero-order chi connectivity index (χ0) is 13.4. The molecule has 0 saturated heterocycles. The van der Waals surface area contributed by atoms with Crippen LogP contribution in [0.25, 0.3) is 0 Å². The fourth-order valence-corrected chi connectivity index (χ4v) is 1.71. The normalized spacial score (nSPS) is 12.2. The van der Waals surface area contributed by atoms with Crippen LogP contribution in [-0.2, 0) is 6.42 Å². The summed E-state index contributed by atoms with van der Waals surface area (Å²) in [6, 6.07) is 6.17. The van der Waals surface area contributed by atoms with Crippen molar-refractivity contribution >= 4 is 0 Å². The molecular formula is C15H23NO2. The van der Waals surface area contributed by atoms with Crippen LogP contribution in [0.5, 0.6) is 5.75 Å². The molecule has 1 aromatic carbocycles. The molecule has 2 N–H and O–H groups in total. The van der Waals surface area contributed by atoms with Gasteiger partial charge in [-0.1, -0.05) is 23.8 Å². The Morgan fingerprint density at radius 2 is 2.28 bits per heavy atom. The minimum atomic E-state index is -0.319. The molecule has 0 aliphatic rings. The van der Waals surface area contributed by atoms with E-state index >= 15 is 0 Å². The van der Waals surface area contributed by atoms with Crippen molar-refractivity contribution in [2.24, 2.45) is 0 Å². The Balaban J connectivity index is 2.43. The summed E-state index contributed by atoms with van der Waals surface area (Å²) in [5.41, 5.74) is 2.40. The van der Waals surface area contributed by atoms with Gasteiger partial charge >= 0.3 is 0 Å². The van der Waals surface area contributed by atoms with Gasteiger partial charge in [-0.25, -0.2) is 0 Å². The lowest BCUT2D eigenvalue weighted by molar-refractivity contribution is 0.188. The van der Waals surface area contributed by atoms with E-state index in [2.05, 4.69) is 24.9 Å². The van der Waals surface area contributed by atoms with Crippen LogP contribution < -0.4 is 10.1 Å². The van der Waals surface area contributed by atoms with Gasteiger partial charge in [-0.3, -0.25) is 0 Å². The lowest BCUT2D eigenvalue weighted by Gasteiger charge is -2.12. The summed E-state index contributed by atoms with van der Waals surface area (Å²) < 4.78 is 5.73. The van der Waals surface area contributed by atoms with Gasteiger partial charge in [0.15, 0.2) is 0 Å². The summed E-state index contributed by atoms with van der Waals surface area (Å²) in [4.78, 5) is 0. The van der Waals surface area contributed by atoms with Gasteiger partial charge in [0.05, 0.1) is 6.10 Å². The van der Waals surface area contributed by atoms with Crippen LogP contribution in [0.1, 0.15) is 18.1 Å². The van der Waals surface area contributed by atoms with Gasteiger partial charge in [0, 0.05) is 13.1 Å². The molecular weight excluding hydrogens is 226 g/mol. The number of hydrogen-bond acceptors (Lipinski definition) is 3. The second-order valence-electron chi connectivity index (χ2n) is 4.51. The van der Waals surface area contributed by atoms with Gasteiger partial charge in [0.1, 0.15) is 12.4 Å². The van der Waals surface area contributed by atoms with E-state index in [0.717, 1.165) is 18.7 Å². The molecule has 100 valence electrons. The molecule has 0 fully saturated rings. The maximum absolute atomic E-state index is 9.10. The Hall–Kier alpha value is -1.32. The van der Waals surface area contributed by atoms with Gasteiger partial charge in [0.2, 0.25) is 0 Å². The van der Waals surface area contributed by atoms with Crippen molar-refractivity contribution in [3.63, 3.8) is 0 Å². The minimum Gasteiger partial charge on any atom is -0.492 e. The Kier molecular flexibility index (Phi) is 6.47. The second-order valence-corrected chi connectivity index (χ2v) is 4.51. The topological polar surface area (TPSA) is 41.5 Å². The van der Waals surface area contributed by atoms with Crippen LogP contribution in [-0.4, -0.2) is 30.9 Å². The molecule has 0 saturated carbocycles. The molecule has 0 amide bonds. The van der Waals surface area contributed by atoms with Gasteiger partial charge in [0.25, 0.3) is 0 Å². The zero-order valence-corrected chi connectivity index (χ0v) is 11.3. The number of aliphatic hydroxyl groups excluding tert-OH is 1. The Morgan fingerprint density at radius 1 is 1.50 bits per heavy atom. The van der Waals surface area contributed by atoms with Crippen molar-refractivity contribution in [3.05, 3.63) is 42.0 Å². The lowest BCUT2D eigenvalue weighted by atomic mass is 10.1. The number of nitrogens with one attached hydrogen (secondary N) is 1. The van der Waals surface area contributed by atoms with E-state index in [1.807, 2.05) is 18.2 Å². The third-order valence-corrected chi connectivity index (χ3v) is 2.56. The summed E-state index contributed by atoms with van der Waals surface area (Å²) in [5.74, 6) is 0.916. The summed E-state index contributed by atoms with van der Waals surface area (Å²) in [5, 5.41) is 12.2. The SMILES string of the molecule is C=CCc1cc(C)ccc1OCCNC[C@H](C)O. The van der Waals surface area contributed by atoms with Crippen molar-refractivity contribution in [1.82, 2.24) is 5.32 Å². The van der Waals surface area contributed by atoms with E-state index in [0.29, 0.717) is 13.2 Å². The number of allylic oxidation sites excluding steroid dienone is 1. The van der Waals surface area contributed by atoms with Crippen LogP contribution in [0.15, 0.2) is 30.9 Å². The molecule has 3 heteroatoms. The van der Waals surface area contributed by atoms with Crippen LogP contribution in [0.2, 0.25) is 0 Å². The molecule has 1 rings (SSSR count). The van der Waals surface area contributed by atoms with Crippen molar-refractivity contribution in [2.75, 3.05) is 19.7 Å². The highest BCUT2D eigenvalue weighted by molar-refractivity contribution is 5.38. The van der Waals surface area contributed by atoms with Gasteiger partial charge in [-0.05, 0) is 31.9 Å². The predicted octanol–water partition coefficient (Wildman–Crippen LogP) is 2.07. The quantitative estimate of drug-likeness (QED) is 0.547. The maximum atomic E-state index is 9.10. The van der Waals surface area contributed by atoms with Gasteiger partial charge in [-0.2, -0.15) is 0 Å². The van der Waals surface area contributed by atoms with E-state index < -0.39 is 0 Å². The Morgan fingerprint density at radius 3 is 2.94 bits per heavy atom. The summed E-state index contributed by atoms with van der Waals surface area (Å²) in [7, 11) is 0. The third kappa shape index (κ3) is 5.34. The Bertz CT molecular complexity index is 375. The number of aliphatic hydroxyl groups is 1. The zero-order valence-electron chi connectivity index (χ0n) is 11.3. The average molecular weight is 249 g/mol. The minimum absolute atomic E-state index is 0.319. The number of aryl methyl sites for hydroxylation is 1. The highest BCUT2D eigenvalue weighted by Crippen LogP contribution is 2.20. The largest absolute Gasteiger partial charge is 0.492 e. The van der Waals surface area contributed by atoms with Gasteiger partial charge in [-0.15, -0.1) is 6.58 Å². The lowest BCUT2D eigenvalue weighted by Crippen LogP contribution is -2.28. The average Bonchev–Trinajstić information content (AvgIpc) is 2.31. The first-order chi connectivity index (χ1) is 8.63. The third-order valence-electron chi connectivity index (χ3n) is 2.56. The van der Waals surface area contributed by atoms with Gasteiger partial charge < -0.3 is 15.2 Å². The molecule has 0 unspecified atom stereocenters. The highest BCUT2D eigenvalue weighted by atomic mass is 16.5. The molecule has 0 radical (unpaired) electrons. The molecule has 1 atom stereocenters. The fourth-order valence-electron chi connectivity index (χ4n) is 1.71. The first-order valence-electron chi connectivity index (χ1n) is 6.35. The van der Waals surface area contributed by atoms with Crippen molar-refractivity contribution < 1.29 is 9.84 Å². The number of ether oxygens (including phenoxy) is 1. The standard InChI is InChI=1S/C15H23NO2/c1-4-5-14-10-12(2)6-7-15(14)18-9-8-16-11-13(3)17/h4,6-7,10,13,16-17H,1,5,8-9,11H2,2-3H3/t13-/m0/s1. The highest BCUT2D eigenvalue weighted by Gasteiger charge is 2.02. The molecule has 18 heavy (non-hydrogen) atoms. The fraction of sp³-hybridized carbons (Fsp3) is 0.467. The summed E-state index contributed by atoms with van der Waals surface area (Å²) in [6.45, 7) is 9.51. The van der Waals surface area contributed by atoms with Crippen LogP contribution in [0.3, 0.4) is 0 Å². The van der Waals surface area contributed by atoms with Crippen LogP contribution in [0, 0.1) is 6.92 Å². The van der Waals surface area contributed by atoms with Crippen molar-refractivity contribution in [2.45, 2.75) is 26.4 Å². The molecule has 0 spiro atoms. The predicted molar refractivity (Wildman–Crippen MR) is 75.1 cm³/mol. The molecule has 3 nitrogen and oxygen atoms in total. The molecule has 0 bridgehead atoms. The maximum Gasteiger partial charge on any atom is 0.122 e. The Labute approximate surface area is 109 Å². The molecule has 0 aromatic heterocycles. The van der Waals surface area contributed by atoms with E-state index in [-0.39, 0.29) is 6.10 Å². The van der Waals surface area contributed by atoms with E-state index in [1.54, 1.807) is 6.92 Å². The number of rotatable bonds is 8. The summed E-state index contributed by atoms with van der Waals surface area (Å²) in [6.07, 6.45) is 2.38. The van der Waals surface area contributed by atoms with Crippen molar-refractivity contribution in [3.8, 4) is 5.75 Å². The van der Waals surface area contributed by atoms with Crippen molar-refractivity contribution in [1.29, 1.82) is 0 Å². The molecule has 0 aliphatic heterocycles. The first-order valence-corrected chi connectivity index (χ1v) is 6.35. The molecule has 0 heterocycles. The van der Waals surface area contributed by atoms with Crippen LogP contribution >= 0.6 is 0 Å². The number of benzene rings is 1. The van der Waals surface area contributed by atoms with E-state index in [4.69, 9.17) is 9.84 Å². The molecule has 1 aromatic rings. The van der Waals surface area contributed by atoms with E-state index in [9.17, 15) is 0 Å². The monoisotopic (exact) mass is 249 g/mol. The van der Waals surface area contributed by atoms with E-state index in [1.165, 1.54) is 11.1 Å². The smallest absolute Gasteiger partial charge is 0.122 e. The van der Waals surface area contributed by atoms with Crippen LogP contribution in [0.4, 0.5) is 0 Å². The first kappa shape index (κ1) is 14.7. The molecule has 0 aliphatic carbocycles.